The van der Waals surface area contributed by atoms with Gasteiger partial charge in [0, 0.05) is 24.7 Å². The number of pyridine rings is 3. The van der Waals surface area contributed by atoms with E-state index in [0.717, 1.165) is 120 Å². The maximum atomic E-state index is 16.3. The van der Waals surface area contributed by atoms with E-state index in [-0.39, 0.29) is 20.1 Å². The molecule has 3 nitrogen and oxygen atoms in total. The summed E-state index contributed by atoms with van der Waals surface area (Å²) in [6, 6.07) is 72.0. The number of rotatable bonds is 12. The minimum absolute atomic E-state index is 0. The molecule has 11 aromatic rings. The summed E-state index contributed by atoms with van der Waals surface area (Å²) >= 11 is 0. The SMILES string of the molecule is Fc1cc(F)c(-c2c[c-]c(-c3cc4c(ccc5cc(-c6ccccc6)ccc54)cn3)cc2)c(-c2cc(CCc3c[c-]c(-c4ccccn4)cc3)cc(CCc3c[c-]c(-c4ccccn4)cc3)c2)c1.[Ir+3]. The zero-order valence-corrected chi connectivity index (χ0v) is 39.8. The van der Waals surface area contributed by atoms with Crippen LogP contribution < -0.4 is 0 Å². The van der Waals surface area contributed by atoms with Gasteiger partial charge in [0.15, 0.2) is 0 Å². The molecule has 3 heterocycles. The number of benzene rings is 8. The Bertz CT molecular complexity index is 3440. The largest absolute Gasteiger partial charge is 3.00 e. The number of aromatic nitrogens is 3. The van der Waals surface area contributed by atoms with Crippen molar-refractivity contribution in [2.24, 2.45) is 0 Å². The number of hydrogen-bond acceptors (Lipinski definition) is 3. The van der Waals surface area contributed by atoms with E-state index in [0.29, 0.717) is 16.7 Å². The molecule has 3 aromatic heterocycles. The van der Waals surface area contributed by atoms with Crippen molar-refractivity contribution in [1.29, 1.82) is 0 Å². The van der Waals surface area contributed by atoms with Crippen molar-refractivity contribution in [3.8, 4) is 67.2 Å². The van der Waals surface area contributed by atoms with E-state index in [1.165, 1.54) is 11.6 Å². The summed E-state index contributed by atoms with van der Waals surface area (Å²) in [4.78, 5) is 13.8. The van der Waals surface area contributed by atoms with E-state index in [1.54, 1.807) is 18.5 Å². The molecule has 0 amide bonds. The Labute approximate surface area is 414 Å². The molecule has 0 saturated carbocycles. The van der Waals surface area contributed by atoms with Crippen LogP contribution in [0.25, 0.3) is 88.7 Å². The van der Waals surface area contributed by atoms with Gasteiger partial charge in [-0.3, -0.25) is 0 Å². The summed E-state index contributed by atoms with van der Waals surface area (Å²) < 4.78 is 31.8. The van der Waals surface area contributed by atoms with Crippen molar-refractivity contribution in [2.45, 2.75) is 25.7 Å². The monoisotopic (exact) mass is 1070 g/mol. The fourth-order valence-corrected chi connectivity index (χ4v) is 9.12. The van der Waals surface area contributed by atoms with Crippen molar-refractivity contribution in [1.82, 2.24) is 15.0 Å². The van der Waals surface area contributed by atoms with Crippen LogP contribution >= 0.6 is 0 Å². The van der Waals surface area contributed by atoms with Crippen LogP contribution in [-0.2, 0) is 45.8 Å². The summed E-state index contributed by atoms with van der Waals surface area (Å²) in [6.45, 7) is 0. The third-order valence-electron chi connectivity index (χ3n) is 12.7. The number of nitrogens with zero attached hydrogens (tertiary/aromatic N) is 3. The molecule has 0 radical (unpaired) electrons. The van der Waals surface area contributed by atoms with E-state index in [4.69, 9.17) is 4.98 Å². The Morgan fingerprint density at radius 2 is 0.986 bits per heavy atom. The van der Waals surface area contributed by atoms with Gasteiger partial charge in [-0.25, -0.2) is 8.78 Å². The summed E-state index contributed by atoms with van der Waals surface area (Å²) in [5.74, 6) is -1.27. The van der Waals surface area contributed by atoms with Crippen LogP contribution in [0.3, 0.4) is 0 Å². The molecule has 6 heteroatoms. The molecule has 69 heavy (non-hydrogen) atoms. The van der Waals surface area contributed by atoms with Gasteiger partial charge in [0.25, 0.3) is 0 Å². The number of halogens is 2. The van der Waals surface area contributed by atoms with Crippen LogP contribution in [0.4, 0.5) is 8.78 Å². The van der Waals surface area contributed by atoms with Gasteiger partial charge in [0.1, 0.15) is 11.6 Å². The predicted molar refractivity (Wildman–Crippen MR) is 272 cm³/mol. The number of aryl methyl sites for hydroxylation is 4. The summed E-state index contributed by atoms with van der Waals surface area (Å²) in [6.07, 6.45) is 8.44. The standard InChI is InChI=1S/C63H42F2N3.Ir/c64-55-38-58(63(59(65)39-55)50-26-24-49(25-27-50)62-40-57-53(41-68-62)29-28-52-37-51(30-31-56(52)57)46-8-2-1-3-9-46)54-35-44(14-12-42-16-20-47(21-17-42)60-10-4-6-32-66-60)34-45(36-54)15-13-43-18-22-48(23-19-43)61-11-5-7-33-67-61;/h1-11,16-20,22,24,26-41H,12-15H2;/q-3;+3. The summed E-state index contributed by atoms with van der Waals surface area (Å²) in [7, 11) is 0. The van der Waals surface area contributed by atoms with Gasteiger partial charge in [-0.05, 0) is 115 Å². The second-order valence-corrected chi connectivity index (χ2v) is 17.1. The Morgan fingerprint density at radius 3 is 1.59 bits per heavy atom. The van der Waals surface area contributed by atoms with Gasteiger partial charge < -0.3 is 15.0 Å². The van der Waals surface area contributed by atoms with Gasteiger partial charge in [0.05, 0.1) is 0 Å². The quantitative estimate of drug-likeness (QED) is 0.0904. The van der Waals surface area contributed by atoms with Crippen molar-refractivity contribution >= 4 is 21.5 Å². The van der Waals surface area contributed by atoms with Crippen LogP contribution in [-0.4, -0.2) is 15.0 Å². The second-order valence-electron chi connectivity index (χ2n) is 17.1. The van der Waals surface area contributed by atoms with Crippen LogP contribution in [0.1, 0.15) is 22.3 Å². The average molecular weight is 1070 g/mol. The molecule has 0 fully saturated rings. The van der Waals surface area contributed by atoms with Crippen LogP contribution in [0, 0.1) is 29.8 Å². The zero-order valence-electron chi connectivity index (χ0n) is 37.4. The molecule has 0 aliphatic carbocycles. The minimum atomic E-state index is -0.635. The van der Waals surface area contributed by atoms with E-state index in [1.807, 2.05) is 72.9 Å². The van der Waals surface area contributed by atoms with Gasteiger partial charge >= 0.3 is 20.1 Å². The summed E-state index contributed by atoms with van der Waals surface area (Å²) in [5.41, 5.74) is 14.1. The Morgan fingerprint density at radius 1 is 0.391 bits per heavy atom. The smallest absolute Gasteiger partial charge is 0.305 e. The molecule has 0 aliphatic heterocycles. The molecule has 8 aromatic carbocycles. The van der Waals surface area contributed by atoms with E-state index in [2.05, 4.69) is 131 Å². The number of hydrogen-bond donors (Lipinski definition) is 0. The van der Waals surface area contributed by atoms with Gasteiger partial charge in [-0.1, -0.05) is 122 Å². The molecule has 0 unspecified atom stereocenters. The molecule has 0 atom stereocenters. The first-order chi connectivity index (χ1) is 33.5. The topological polar surface area (TPSA) is 38.7 Å². The number of fused-ring (bicyclic) bond motifs is 3. The molecule has 332 valence electrons. The molecular formula is C63H42F2IrN3. The van der Waals surface area contributed by atoms with Crippen molar-refractivity contribution in [3.05, 3.63) is 259 Å². The first kappa shape index (κ1) is 45.0. The second kappa shape index (κ2) is 20.2. The molecule has 0 saturated heterocycles. The van der Waals surface area contributed by atoms with Gasteiger partial charge in [-0.2, -0.15) is 0 Å². The first-order valence-corrected chi connectivity index (χ1v) is 22.8. The molecule has 0 aliphatic rings. The third kappa shape index (κ3) is 9.96. The fourth-order valence-electron chi connectivity index (χ4n) is 9.12. The average Bonchev–Trinajstić information content (AvgIpc) is 3.40. The Kier molecular flexibility index (Phi) is 13.2. The van der Waals surface area contributed by atoms with E-state index >= 15 is 8.78 Å². The minimum Gasteiger partial charge on any atom is -0.305 e. The molecule has 0 spiro atoms. The molecule has 0 bridgehead atoms. The van der Waals surface area contributed by atoms with E-state index < -0.39 is 11.6 Å². The maximum Gasteiger partial charge on any atom is 3.00 e. The summed E-state index contributed by atoms with van der Waals surface area (Å²) in [5, 5.41) is 4.41. The molecule has 11 rings (SSSR count). The van der Waals surface area contributed by atoms with Gasteiger partial charge in [-0.15, -0.1) is 101 Å². The van der Waals surface area contributed by atoms with Gasteiger partial charge in [0.2, 0.25) is 0 Å². The third-order valence-corrected chi connectivity index (χ3v) is 12.7. The van der Waals surface area contributed by atoms with Crippen LogP contribution in [0.2, 0.25) is 0 Å². The zero-order chi connectivity index (χ0) is 45.8. The van der Waals surface area contributed by atoms with Crippen molar-refractivity contribution < 1.29 is 28.9 Å². The maximum absolute atomic E-state index is 16.3. The van der Waals surface area contributed by atoms with Crippen molar-refractivity contribution in [2.75, 3.05) is 0 Å². The Balaban J connectivity index is 0.00000553. The van der Waals surface area contributed by atoms with Crippen molar-refractivity contribution in [3.63, 3.8) is 0 Å². The van der Waals surface area contributed by atoms with Crippen LogP contribution in [0.15, 0.2) is 207 Å². The fraction of sp³-hybridized carbons (Fsp3) is 0.0635. The predicted octanol–water partition coefficient (Wildman–Crippen LogP) is 15.4. The first-order valence-electron chi connectivity index (χ1n) is 22.8. The normalized spacial score (nSPS) is 11.2. The van der Waals surface area contributed by atoms with Crippen LogP contribution in [0.5, 0.6) is 0 Å². The van der Waals surface area contributed by atoms with E-state index in [9.17, 15) is 0 Å². The molecular weight excluding hydrogens is 1030 g/mol. The molecule has 0 N–H and O–H groups in total. The Hall–Kier alpha value is -7.76.